The summed E-state index contributed by atoms with van der Waals surface area (Å²) in [6.45, 7) is 8.50. The lowest BCUT2D eigenvalue weighted by Gasteiger charge is -2.31. The quantitative estimate of drug-likeness (QED) is 0.623. The van der Waals surface area contributed by atoms with E-state index in [1.165, 1.54) is 5.56 Å². The van der Waals surface area contributed by atoms with Crippen molar-refractivity contribution in [3.63, 3.8) is 0 Å². The van der Waals surface area contributed by atoms with Crippen molar-refractivity contribution in [2.45, 2.75) is 19.9 Å². The van der Waals surface area contributed by atoms with Gasteiger partial charge in [-0.3, -0.25) is 9.69 Å². The SMILES string of the molecule is CCOc1cc(/C=C/C(=O)NC(CN2CCOCC2)c2ccc(C)cc2)ccc1OC. The van der Waals surface area contributed by atoms with Crippen molar-refractivity contribution in [1.29, 1.82) is 0 Å². The van der Waals surface area contributed by atoms with E-state index in [4.69, 9.17) is 14.2 Å². The van der Waals surface area contributed by atoms with Crippen LogP contribution < -0.4 is 14.8 Å². The van der Waals surface area contributed by atoms with E-state index in [0.717, 1.165) is 44.0 Å². The Bertz CT molecular complexity index is 874. The molecule has 1 heterocycles. The van der Waals surface area contributed by atoms with E-state index >= 15 is 0 Å². The minimum absolute atomic E-state index is 0.0919. The van der Waals surface area contributed by atoms with Crippen LogP contribution in [-0.4, -0.2) is 57.4 Å². The molecule has 1 N–H and O–H groups in total. The summed E-state index contributed by atoms with van der Waals surface area (Å²) in [4.78, 5) is 15.1. The summed E-state index contributed by atoms with van der Waals surface area (Å²) in [7, 11) is 1.61. The average Bonchev–Trinajstić information content (AvgIpc) is 2.79. The molecule has 1 aliphatic heterocycles. The van der Waals surface area contributed by atoms with Crippen molar-refractivity contribution in [3.05, 3.63) is 65.2 Å². The molecule has 1 aliphatic rings. The van der Waals surface area contributed by atoms with Crippen molar-refractivity contribution >= 4 is 12.0 Å². The van der Waals surface area contributed by atoms with Gasteiger partial charge in [0.05, 0.1) is 33.0 Å². The number of ether oxygens (including phenoxy) is 3. The van der Waals surface area contributed by atoms with Crippen molar-refractivity contribution in [1.82, 2.24) is 10.2 Å². The lowest BCUT2D eigenvalue weighted by molar-refractivity contribution is -0.117. The summed E-state index contributed by atoms with van der Waals surface area (Å²) in [6, 6.07) is 13.9. The number of nitrogens with zero attached hydrogens (tertiary/aromatic N) is 1. The van der Waals surface area contributed by atoms with Crippen LogP contribution in [0.2, 0.25) is 0 Å². The summed E-state index contributed by atoms with van der Waals surface area (Å²) in [5.74, 6) is 1.21. The number of carbonyl (C=O) groups is 1. The van der Waals surface area contributed by atoms with Crippen LogP contribution in [0.15, 0.2) is 48.5 Å². The second-order valence-electron chi connectivity index (χ2n) is 7.56. The first-order chi connectivity index (χ1) is 15.1. The molecule has 31 heavy (non-hydrogen) atoms. The molecule has 0 saturated carbocycles. The van der Waals surface area contributed by atoms with Crippen LogP contribution in [0.4, 0.5) is 0 Å². The standard InChI is InChI=1S/C25H32N2O4/c1-4-31-24-17-20(7-11-23(24)29-3)8-12-25(28)26-22(18-27-13-15-30-16-14-27)21-9-5-19(2)6-10-21/h5-12,17,22H,4,13-16,18H2,1-3H3,(H,26,28)/b12-8+. The Morgan fingerprint density at radius 2 is 1.90 bits per heavy atom. The molecule has 6 heteroatoms. The molecule has 6 nitrogen and oxygen atoms in total. The van der Waals surface area contributed by atoms with Crippen LogP contribution >= 0.6 is 0 Å². The molecule has 1 atom stereocenters. The maximum Gasteiger partial charge on any atom is 0.244 e. The second-order valence-corrected chi connectivity index (χ2v) is 7.56. The molecule has 2 aromatic carbocycles. The third-order valence-electron chi connectivity index (χ3n) is 5.26. The maximum absolute atomic E-state index is 12.7. The molecule has 1 saturated heterocycles. The second kappa shape index (κ2) is 11.5. The van der Waals surface area contributed by atoms with Crippen LogP contribution in [-0.2, 0) is 9.53 Å². The summed E-state index contributed by atoms with van der Waals surface area (Å²) in [6.07, 6.45) is 3.36. The molecule has 0 spiro atoms. The van der Waals surface area contributed by atoms with Gasteiger partial charge in [0.1, 0.15) is 0 Å². The highest BCUT2D eigenvalue weighted by molar-refractivity contribution is 5.92. The molecular weight excluding hydrogens is 392 g/mol. The van der Waals surface area contributed by atoms with Crippen LogP contribution in [0.3, 0.4) is 0 Å². The monoisotopic (exact) mass is 424 g/mol. The minimum Gasteiger partial charge on any atom is -0.493 e. The number of carbonyl (C=O) groups excluding carboxylic acids is 1. The Labute approximate surface area is 184 Å². The third kappa shape index (κ3) is 6.84. The van der Waals surface area contributed by atoms with Gasteiger partial charge < -0.3 is 19.5 Å². The molecule has 0 bridgehead atoms. The third-order valence-corrected chi connectivity index (χ3v) is 5.26. The van der Waals surface area contributed by atoms with Crippen molar-refractivity contribution in [2.75, 3.05) is 46.6 Å². The number of morpholine rings is 1. The van der Waals surface area contributed by atoms with Gasteiger partial charge in [-0.25, -0.2) is 0 Å². The predicted molar refractivity (Wildman–Crippen MR) is 123 cm³/mol. The van der Waals surface area contributed by atoms with E-state index in [0.29, 0.717) is 18.1 Å². The number of benzene rings is 2. The molecule has 0 aliphatic carbocycles. The van der Waals surface area contributed by atoms with E-state index in [2.05, 4.69) is 41.4 Å². The van der Waals surface area contributed by atoms with Crippen LogP contribution in [0.5, 0.6) is 11.5 Å². The van der Waals surface area contributed by atoms with Gasteiger partial charge in [-0.1, -0.05) is 35.9 Å². The first-order valence-electron chi connectivity index (χ1n) is 10.7. The zero-order valence-electron chi connectivity index (χ0n) is 18.6. The zero-order chi connectivity index (χ0) is 22.1. The smallest absolute Gasteiger partial charge is 0.244 e. The van der Waals surface area contributed by atoms with Crippen molar-refractivity contribution in [2.24, 2.45) is 0 Å². The first-order valence-corrected chi connectivity index (χ1v) is 10.7. The fourth-order valence-electron chi connectivity index (χ4n) is 3.53. The van der Waals surface area contributed by atoms with Crippen LogP contribution in [0.1, 0.15) is 29.7 Å². The largest absolute Gasteiger partial charge is 0.493 e. The maximum atomic E-state index is 12.7. The highest BCUT2D eigenvalue weighted by Gasteiger charge is 2.19. The minimum atomic E-state index is -0.132. The summed E-state index contributed by atoms with van der Waals surface area (Å²) < 4.78 is 16.4. The van der Waals surface area contributed by atoms with Crippen molar-refractivity contribution in [3.8, 4) is 11.5 Å². The summed E-state index contributed by atoms with van der Waals surface area (Å²) >= 11 is 0. The predicted octanol–water partition coefficient (Wildman–Crippen LogP) is 3.61. The fourth-order valence-corrected chi connectivity index (χ4v) is 3.53. The topological polar surface area (TPSA) is 60.0 Å². The van der Waals surface area contributed by atoms with Gasteiger partial charge in [-0.05, 0) is 43.2 Å². The number of rotatable bonds is 9. The number of methoxy groups -OCH3 is 1. The van der Waals surface area contributed by atoms with Crippen molar-refractivity contribution < 1.29 is 19.0 Å². The highest BCUT2D eigenvalue weighted by Crippen LogP contribution is 2.28. The van der Waals surface area contributed by atoms with Gasteiger partial charge in [0, 0.05) is 25.7 Å². The Kier molecular flexibility index (Phi) is 8.50. The van der Waals surface area contributed by atoms with E-state index in [1.54, 1.807) is 19.3 Å². The lowest BCUT2D eigenvalue weighted by atomic mass is 10.0. The Hall–Kier alpha value is -2.83. The zero-order valence-corrected chi connectivity index (χ0v) is 18.6. The molecule has 0 aromatic heterocycles. The van der Waals surface area contributed by atoms with E-state index < -0.39 is 0 Å². The number of amides is 1. The van der Waals surface area contributed by atoms with Crippen LogP contribution in [0.25, 0.3) is 6.08 Å². The van der Waals surface area contributed by atoms with Gasteiger partial charge in [0.25, 0.3) is 0 Å². The van der Waals surface area contributed by atoms with E-state index in [-0.39, 0.29) is 11.9 Å². The molecular formula is C25H32N2O4. The number of nitrogens with one attached hydrogen (secondary N) is 1. The normalized spacial score (nSPS) is 15.6. The van der Waals surface area contributed by atoms with E-state index in [9.17, 15) is 4.79 Å². The number of hydrogen-bond acceptors (Lipinski definition) is 5. The summed E-state index contributed by atoms with van der Waals surface area (Å²) in [5, 5.41) is 3.17. The molecule has 1 amide bonds. The van der Waals surface area contributed by atoms with Gasteiger partial charge in [0.2, 0.25) is 5.91 Å². The lowest BCUT2D eigenvalue weighted by Crippen LogP contribution is -2.42. The number of aryl methyl sites for hydroxylation is 1. The molecule has 3 rings (SSSR count). The van der Waals surface area contributed by atoms with Gasteiger partial charge in [-0.2, -0.15) is 0 Å². The first kappa shape index (κ1) is 22.8. The molecule has 0 radical (unpaired) electrons. The Morgan fingerprint density at radius 3 is 2.58 bits per heavy atom. The molecule has 1 fully saturated rings. The summed E-state index contributed by atoms with van der Waals surface area (Å²) in [5.41, 5.74) is 3.17. The Morgan fingerprint density at radius 1 is 1.16 bits per heavy atom. The van der Waals surface area contributed by atoms with Crippen LogP contribution in [0, 0.1) is 6.92 Å². The number of hydrogen-bond donors (Lipinski definition) is 1. The fraction of sp³-hybridized carbons (Fsp3) is 0.400. The highest BCUT2D eigenvalue weighted by atomic mass is 16.5. The molecule has 166 valence electrons. The molecule has 2 aromatic rings. The Balaban J connectivity index is 1.70. The average molecular weight is 425 g/mol. The van der Waals surface area contributed by atoms with Gasteiger partial charge >= 0.3 is 0 Å². The van der Waals surface area contributed by atoms with Gasteiger partial charge in [-0.15, -0.1) is 0 Å². The van der Waals surface area contributed by atoms with Gasteiger partial charge in [0.15, 0.2) is 11.5 Å². The van der Waals surface area contributed by atoms with E-state index in [1.807, 2.05) is 25.1 Å². The molecule has 1 unspecified atom stereocenters.